The van der Waals surface area contributed by atoms with Crippen LogP contribution in [0.4, 0.5) is 0 Å². The van der Waals surface area contributed by atoms with Crippen molar-refractivity contribution in [3.05, 3.63) is 119 Å². The summed E-state index contributed by atoms with van der Waals surface area (Å²) in [4.78, 5) is 4.79. The van der Waals surface area contributed by atoms with E-state index < -0.39 is 0 Å². The second-order valence-corrected chi connectivity index (χ2v) is 12.7. The molecule has 3 aromatic heterocycles. The zero-order valence-corrected chi connectivity index (χ0v) is 26.5. The Kier molecular flexibility index (Phi) is 7.12. The van der Waals surface area contributed by atoms with Crippen LogP contribution in [0.25, 0.3) is 33.3 Å². The van der Waals surface area contributed by atoms with Crippen molar-refractivity contribution in [1.29, 1.82) is 0 Å². The molecule has 1 aliphatic carbocycles. The number of benzene rings is 3. The molecule has 0 saturated heterocycles. The third kappa shape index (κ3) is 4.81. The summed E-state index contributed by atoms with van der Waals surface area (Å²) < 4.78 is 10.9. The summed E-state index contributed by atoms with van der Waals surface area (Å²) in [5, 5.41) is 7.40. The number of fused-ring (bicyclic) bond motifs is 3. The molecule has 0 fully saturated rings. The fourth-order valence-electron chi connectivity index (χ4n) is 7.18. The Morgan fingerprint density at radius 2 is 1.64 bits per heavy atom. The van der Waals surface area contributed by atoms with Crippen molar-refractivity contribution in [2.45, 2.75) is 66.2 Å². The first-order valence-corrected chi connectivity index (χ1v) is 15.8. The lowest BCUT2D eigenvalue weighted by atomic mass is 9.75. The quantitative estimate of drug-likeness (QED) is 0.184. The second-order valence-electron chi connectivity index (χ2n) is 12.7. The van der Waals surface area contributed by atoms with Crippen molar-refractivity contribution in [3.63, 3.8) is 0 Å². The van der Waals surface area contributed by atoms with Gasteiger partial charge in [0.25, 0.3) is 0 Å². The lowest BCUT2D eigenvalue weighted by Crippen LogP contribution is -2.16. The van der Waals surface area contributed by atoms with Crippen LogP contribution in [0.5, 0.6) is 11.5 Å². The highest BCUT2D eigenvalue weighted by Gasteiger charge is 2.29. The number of para-hydroxylation sites is 1. The van der Waals surface area contributed by atoms with Crippen LogP contribution in [-0.2, 0) is 0 Å². The van der Waals surface area contributed by atoms with Crippen molar-refractivity contribution in [2.75, 3.05) is 0 Å². The predicted molar refractivity (Wildman–Crippen MR) is 181 cm³/mol. The minimum Gasteiger partial charge on any atom is -0.457 e. The molecule has 5 nitrogen and oxygen atoms in total. The molecular weight excluding hydrogens is 540 g/mol. The van der Waals surface area contributed by atoms with Gasteiger partial charge in [0, 0.05) is 46.3 Å². The number of pyridine rings is 1. The van der Waals surface area contributed by atoms with Gasteiger partial charge >= 0.3 is 0 Å². The highest BCUT2D eigenvalue weighted by Crippen LogP contribution is 2.42. The van der Waals surface area contributed by atoms with E-state index in [1.807, 2.05) is 18.3 Å². The molecule has 3 aromatic carbocycles. The number of aryl methyl sites for hydroxylation is 1. The maximum absolute atomic E-state index is 6.54. The van der Waals surface area contributed by atoms with Crippen LogP contribution < -0.4 is 4.74 Å². The Bertz CT molecular complexity index is 2040. The van der Waals surface area contributed by atoms with Crippen LogP contribution in [0.2, 0.25) is 0 Å². The number of ether oxygens (including phenoxy) is 1. The lowest BCUT2D eigenvalue weighted by Gasteiger charge is -2.29. The standard InChI is InChI=1S/C39H40N4O/c1-24(2)29-19-20-40-37(21-29)42-35-16-8-7-15-33(35)34-18-17-32(23-36(34)42)44-31-14-10-13-30(22-31)43-28(6)39(27(5)41-43)38-25(3)11-9-12-26(38)4/h7-8,10-11,13-24,26,38H,9,12H2,1-6H3/t26-,38?/m0/s1. The Hall–Kier alpha value is -4.64. The molecular formula is C39H40N4O. The average molecular weight is 581 g/mol. The van der Waals surface area contributed by atoms with Gasteiger partial charge in [0.15, 0.2) is 0 Å². The van der Waals surface area contributed by atoms with Gasteiger partial charge in [0.2, 0.25) is 0 Å². The zero-order valence-electron chi connectivity index (χ0n) is 26.5. The highest BCUT2D eigenvalue weighted by atomic mass is 16.5. The number of hydrogen-bond donors (Lipinski definition) is 0. The number of rotatable bonds is 6. The maximum Gasteiger partial charge on any atom is 0.137 e. The van der Waals surface area contributed by atoms with Gasteiger partial charge in [-0.1, -0.05) is 56.7 Å². The molecule has 5 heteroatoms. The Balaban J connectivity index is 1.27. The van der Waals surface area contributed by atoms with Crippen molar-refractivity contribution in [2.24, 2.45) is 5.92 Å². The van der Waals surface area contributed by atoms with Crippen molar-refractivity contribution < 1.29 is 4.74 Å². The topological polar surface area (TPSA) is 44.9 Å². The third-order valence-electron chi connectivity index (χ3n) is 9.41. The van der Waals surface area contributed by atoms with Gasteiger partial charge in [-0.25, -0.2) is 9.67 Å². The van der Waals surface area contributed by atoms with Crippen molar-refractivity contribution in [1.82, 2.24) is 19.3 Å². The fraction of sp³-hybridized carbons (Fsp3) is 0.282. The van der Waals surface area contributed by atoms with Gasteiger partial charge in [-0.3, -0.25) is 4.57 Å². The van der Waals surface area contributed by atoms with E-state index in [-0.39, 0.29) is 0 Å². The van der Waals surface area contributed by atoms with E-state index in [2.05, 4.69) is 124 Å². The van der Waals surface area contributed by atoms with Gasteiger partial charge in [-0.05, 0) is 93.5 Å². The first-order chi connectivity index (χ1) is 21.3. The molecule has 0 spiro atoms. The number of aromatic nitrogens is 4. The summed E-state index contributed by atoms with van der Waals surface area (Å²) in [6.45, 7) is 13.4. The first kappa shape index (κ1) is 28.1. The molecule has 0 bridgehead atoms. The molecule has 3 heterocycles. The third-order valence-corrected chi connectivity index (χ3v) is 9.41. The molecule has 0 saturated carbocycles. The molecule has 0 radical (unpaired) electrons. The monoisotopic (exact) mass is 580 g/mol. The lowest BCUT2D eigenvalue weighted by molar-refractivity contribution is 0.447. The number of hydrogen-bond acceptors (Lipinski definition) is 3. The molecule has 44 heavy (non-hydrogen) atoms. The molecule has 0 amide bonds. The van der Waals surface area contributed by atoms with Crippen LogP contribution >= 0.6 is 0 Å². The smallest absolute Gasteiger partial charge is 0.137 e. The van der Waals surface area contributed by atoms with E-state index in [1.165, 1.54) is 46.0 Å². The van der Waals surface area contributed by atoms with Gasteiger partial charge in [-0.2, -0.15) is 5.10 Å². The van der Waals surface area contributed by atoms with Crippen LogP contribution in [0.1, 0.15) is 74.9 Å². The summed E-state index contributed by atoms with van der Waals surface area (Å²) in [5.74, 6) is 3.93. The minimum absolute atomic E-state index is 0.417. The summed E-state index contributed by atoms with van der Waals surface area (Å²) in [5.41, 5.74) is 9.61. The highest BCUT2D eigenvalue weighted by molar-refractivity contribution is 6.09. The molecule has 1 aliphatic rings. The molecule has 222 valence electrons. The molecule has 0 aliphatic heterocycles. The van der Waals surface area contributed by atoms with Crippen LogP contribution in [0.3, 0.4) is 0 Å². The van der Waals surface area contributed by atoms with Gasteiger partial charge < -0.3 is 4.74 Å². The average Bonchev–Trinajstić information content (AvgIpc) is 3.50. The largest absolute Gasteiger partial charge is 0.457 e. The van der Waals surface area contributed by atoms with E-state index in [4.69, 9.17) is 14.8 Å². The van der Waals surface area contributed by atoms with Crippen LogP contribution in [0.15, 0.2) is 96.7 Å². The van der Waals surface area contributed by atoms with E-state index in [0.717, 1.165) is 39.7 Å². The molecule has 2 atom stereocenters. The van der Waals surface area contributed by atoms with E-state index in [9.17, 15) is 0 Å². The summed E-state index contributed by atoms with van der Waals surface area (Å²) in [7, 11) is 0. The van der Waals surface area contributed by atoms with E-state index in [1.54, 1.807) is 0 Å². The number of allylic oxidation sites excluding steroid dienone is 2. The maximum atomic E-state index is 6.54. The predicted octanol–water partition coefficient (Wildman–Crippen LogP) is 10.4. The minimum atomic E-state index is 0.417. The van der Waals surface area contributed by atoms with E-state index in [0.29, 0.717) is 17.8 Å². The zero-order chi connectivity index (χ0) is 30.5. The molecule has 6 aromatic rings. The summed E-state index contributed by atoms with van der Waals surface area (Å²) >= 11 is 0. The first-order valence-electron chi connectivity index (χ1n) is 15.8. The van der Waals surface area contributed by atoms with Crippen molar-refractivity contribution >= 4 is 21.8 Å². The van der Waals surface area contributed by atoms with Crippen LogP contribution in [0, 0.1) is 19.8 Å². The summed E-state index contributed by atoms with van der Waals surface area (Å²) in [6, 6.07) is 27.4. The summed E-state index contributed by atoms with van der Waals surface area (Å²) in [6.07, 6.45) is 6.71. The van der Waals surface area contributed by atoms with Crippen LogP contribution in [-0.4, -0.2) is 19.3 Å². The van der Waals surface area contributed by atoms with Gasteiger partial charge in [0.1, 0.15) is 17.3 Å². The Morgan fingerprint density at radius 3 is 2.45 bits per heavy atom. The molecule has 1 unspecified atom stereocenters. The number of nitrogens with zero attached hydrogens (tertiary/aromatic N) is 4. The Labute approximate surface area is 259 Å². The fourth-order valence-corrected chi connectivity index (χ4v) is 7.18. The molecule has 7 rings (SSSR count). The van der Waals surface area contributed by atoms with Gasteiger partial charge in [0.05, 0.1) is 22.4 Å². The Morgan fingerprint density at radius 1 is 0.841 bits per heavy atom. The molecule has 0 N–H and O–H groups in total. The SMILES string of the molecule is CC1=CCC[C@H](C)C1c1c(C)nn(-c2cccc(Oc3ccc4c5ccccc5n(-c5cc(C(C)C)ccn5)c4c3)c2)c1C. The second kappa shape index (κ2) is 11.1. The van der Waals surface area contributed by atoms with E-state index >= 15 is 0 Å². The normalized spacial score (nSPS) is 17.0. The van der Waals surface area contributed by atoms with Gasteiger partial charge in [-0.15, -0.1) is 0 Å². The van der Waals surface area contributed by atoms with Crippen molar-refractivity contribution in [3.8, 4) is 23.0 Å².